The highest BCUT2D eigenvalue weighted by molar-refractivity contribution is 7.99. The van der Waals surface area contributed by atoms with Gasteiger partial charge < -0.3 is 0 Å². The molecule has 0 atom stereocenters. The first-order valence-corrected chi connectivity index (χ1v) is 6.87. The highest BCUT2D eigenvalue weighted by atomic mass is 32.2. The van der Waals surface area contributed by atoms with Gasteiger partial charge in [-0.25, -0.2) is 0 Å². The molecule has 0 fully saturated rings. The number of fused-ring (bicyclic) bond motifs is 4. The molecule has 0 nitrogen and oxygen atoms in total. The molecule has 0 unspecified atom stereocenters. The van der Waals surface area contributed by atoms with Crippen molar-refractivity contribution < 1.29 is 0 Å². The van der Waals surface area contributed by atoms with Crippen LogP contribution in [0.15, 0.2) is 70.5 Å². The van der Waals surface area contributed by atoms with E-state index in [0.29, 0.717) is 0 Å². The Balaban J connectivity index is 1.98. The SMILES string of the molecule is [CH]1c2ccccc2Sc2ccc3ccccc3c21. The quantitative estimate of drug-likeness (QED) is 0.425. The summed E-state index contributed by atoms with van der Waals surface area (Å²) in [5.41, 5.74) is 2.68. The van der Waals surface area contributed by atoms with E-state index >= 15 is 0 Å². The van der Waals surface area contributed by atoms with Crippen molar-refractivity contribution in [1.82, 2.24) is 0 Å². The molecule has 3 aromatic carbocycles. The van der Waals surface area contributed by atoms with E-state index in [0.717, 1.165) is 0 Å². The van der Waals surface area contributed by atoms with Crippen LogP contribution in [0.4, 0.5) is 0 Å². The van der Waals surface area contributed by atoms with Crippen molar-refractivity contribution in [3.05, 3.63) is 78.2 Å². The Bertz CT molecular complexity index is 743. The zero-order valence-corrected chi connectivity index (χ0v) is 10.6. The molecule has 0 amide bonds. The van der Waals surface area contributed by atoms with Crippen LogP contribution in [-0.2, 0) is 0 Å². The van der Waals surface area contributed by atoms with Crippen LogP contribution in [0, 0.1) is 6.42 Å². The molecular formula is C17H11S. The van der Waals surface area contributed by atoms with E-state index < -0.39 is 0 Å². The molecule has 0 spiro atoms. The fourth-order valence-electron chi connectivity index (χ4n) is 2.48. The predicted molar refractivity (Wildman–Crippen MR) is 77.0 cm³/mol. The molecule has 85 valence electrons. The van der Waals surface area contributed by atoms with Crippen LogP contribution in [0.25, 0.3) is 10.8 Å². The Morgan fingerprint density at radius 2 is 1.50 bits per heavy atom. The summed E-state index contributed by atoms with van der Waals surface area (Å²) in [5, 5.41) is 2.66. The van der Waals surface area contributed by atoms with Gasteiger partial charge in [-0.15, -0.1) is 0 Å². The van der Waals surface area contributed by atoms with Crippen LogP contribution >= 0.6 is 11.8 Å². The van der Waals surface area contributed by atoms with Gasteiger partial charge in [-0.2, -0.15) is 0 Å². The molecule has 1 radical (unpaired) electrons. The van der Waals surface area contributed by atoms with Gasteiger partial charge in [-0.3, -0.25) is 0 Å². The summed E-state index contributed by atoms with van der Waals surface area (Å²) in [6.45, 7) is 0. The maximum Gasteiger partial charge on any atom is 0.0228 e. The minimum atomic E-state index is 1.31. The molecule has 1 heterocycles. The normalized spacial score (nSPS) is 13.1. The molecule has 4 rings (SSSR count). The lowest BCUT2D eigenvalue weighted by molar-refractivity contribution is 1.23. The molecule has 0 saturated carbocycles. The molecular weight excluding hydrogens is 236 g/mol. The molecule has 1 heteroatoms. The van der Waals surface area contributed by atoms with Crippen molar-refractivity contribution in [2.75, 3.05) is 0 Å². The Kier molecular flexibility index (Phi) is 2.21. The molecule has 0 bridgehead atoms. The van der Waals surface area contributed by atoms with E-state index in [2.05, 4.69) is 67.1 Å². The minimum Gasteiger partial charge on any atom is -0.0895 e. The average molecular weight is 247 g/mol. The highest BCUT2D eigenvalue weighted by Crippen LogP contribution is 2.42. The number of benzene rings is 3. The van der Waals surface area contributed by atoms with E-state index in [1.807, 2.05) is 11.8 Å². The van der Waals surface area contributed by atoms with Crippen molar-refractivity contribution in [3.63, 3.8) is 0 Å². The molecule has 1 aliphatic rings. The third-order valence-corrected chi connectivity index (χ3v) is 4.54. The summed E-state index contributed by atoms with van der Waals surface area (Å²) in [5.74, 6) is 0. The molecule has 0 N–H and O–H groups in total. The van der Waals surface area contributed by atoms with Crippen LogP contribution in [-0.4, -0.2) is 0 Å². The Morgan fingerprint density at radius 3 is 2.50 bits per heavy atom. The van der Waals surface area contributed by atoms with Gasteiger partial charge in [0.2, 0.25) is 0 Å². The van der Waals surface area contributed by atoms with Gasteiger partial charge in [-0.1, -0.05) is 60.3 Å². The predicted octanol–water partition coefficient (Wildman–Crippen LogP) is 4.91. The van der Waals surface area contributed by atoms with Crippen molar-refractivity contribution in [2.24, 2.45) is 0 Å². The maximum absolute atomic E-state index is 2.31. The van der Waals surface area contributed by atoms with Crippen molar-refractivity contribution in [3.8, 4) is 0 Å². The zero-order valence-electron chi connectivity index (χ0n) is 9.76. The summed E-state index contributed by atoms with van der Waals surface area (Å²) in [7, 11) is 0. The van der Waals surface area contributed by atoms with Crippen LogP contribution in [0.5, 0.6) is 0 Å². The molecule has 0 aliphatic carbocycles. The standard InChI is InChI=1S/C17H11S/c1-3-7-14-12(5-1)9-10-17-15(14)11-13-6-2-4-8-16(13)18-17/h1-11H. The number of hydrogen-bond acceptors (Lipinski definition) is 1. The average Bonchev–Trinajstić information content (AvgIpc) is 2.45. The first kappa shape index (κ1) is 10.2. The summed E-state index contributed by atoms with van der Waals surface area (Å²) < 4.78 is 0. The highest BCUT2D eigenvalue weighted by Gasteiger charge is 2.17. The van der Waals surface area contributed by atoms with Gasteiger partial charge in [0.05, 0.1) is 0 Å². The molecule has 18 heavy (non-hydrogen) atoms. The molecule has 0 aromatic heterocycles. The van der Waals surface area contributed by atoms with Gasteiger partial charge in [0, 0.05) is 16.2 Å². The van der Waals surface area contributed by atoms with E-state index in [-0.39, 0.29) is 0 Å². The van der Waals surface area contributed by atoms with Crippen molar-refractivity contribution >= 4 is 22.5 Å². The van der Waals surface area contributed by atoms with E-state index in [1.54, 1.807) is 0 Å². The fourth-order valence-corrected chi connectivity index (χ4v) is 3.52. The van der Waals surface area contributed by atoms with Crippen molar-refractivity contribution in [1.29, 1.82) is 0 Å². The van der Waals surface area contributed by atoms with Crippen LogP contribution in [0.2, 0.25) is 0 Å². The molecule has 0 saturated heterocycles. The lowest BCUT2D eigenvalue weighted by Crippen LogP contribution is -1.97. The Labute approximate surface area is 111 Å². The third-order valence-electron chi connectivity index (χ3n) is 3.37. The minimum absolute atomic E-state index is 1.31. The monoisotopic (exact) mass is 247 g/mol. The van der Waals surface area contributed by atoms with Crippen LogP contribution in [0.3, 0.4) is 0 Å². The zero-order chi connectivity index (χ0) is 11.9. The van der Waals surface area contributed by atoms with E-state index in [4.69, 9.17) is 0 Å². The van der Waals surface area contributed by atoms with E-state index in [1.165, 1.54) is 31.7 Å². The maximum atomic E-state index is 2.31. The van der Waals surface area contributed by atoms with Crippen LogP contribution in [0.1, 0.15) is 11.1 Å². The lowest BCUT2D eigenvalue weighted by atomic mass is 9.98. The van der Waals surface area contributed by atoms with Gasteiger partial charge in [0.25, 0.3) is 0 Å². The lowest BCUT2D eigenvalue weighted by Gasteiger charge is -2.20. The largest absolute Gasteiger partial charge is 0.0895 e. The first-order chi connectivity index (χ1) is 8.92. The summed E-state index contributed by atoms with van der Waals surface area (Å²) in [4.78, 5) is 2.70. The second-order valence-corrected chi connectivity index (χ2v) is 5.57. The van der Waals surface area contributed by atoms with Gasteiger partial charge in [0.15, 0.2) is 0 Å². The first-order valence-electron chi connectivity index (χ1n) is 6.05. The third kappa shape index (κ3) is 1.48. The second-order valence-electron chi connectivity index (χ2n) is 4.48. The summed E-state index contributed by atoms with van der Waals surface area (Å²) in [6.07, 6.45) is 2.31. The topological polar surface area (TPSA) is 0 Å². The van der Waals surface area contributed by atoms with Gasteiger partial charge in [0.1, 0.15) is 0 Å². The molecule has 1 aliphatic heterocycles. The van der Waals surface area contributed by atoms with E-state index in [9.17, 15) is 0 Å². The molecule has 3 aromatic rings. The fraction of sp³-hybridized carbons (Fsp3) is 0. The Morgan fingerprint density at radius 1 is 0.667 bits per heavy atom. The van der Waals surface area contributed by atoms with Gasteiger partial charge in [-0.05, 0) is 34.0 Å². The summed E-state index contributed by atoms with van der Waals surface area (Å²) in [6, 6.07) is 21.6. The van der Waals surface area contributed by atoms with Crippen LogP contribution < -0.4 is 0 Å². The Hall–Kier alpha value is -1.73. The van der Waals surface area contributed by atoms with Gasteiger partial charge >= 0.3 is 0 Å². The smallest absolute Gasteiger partial charge is 0.0228 e. The summed E-state index contributed by atoms with van der Waals surface area (Å²) >= 11 is 1.87. The van der Waals surface area contributed by atoms with Crippen molar-refractivity contribution in [2.45, 2.75) is 9.79 Å². The second kappa shape index (κ2) is 3.89. The number of hydrogen-bond donors (Lipinski definition) is 0. The number of rotatable bonds is 0.